The molecule has 1 rings (SSSR count). The molecule has 18 heavy (non-hydrogen) atoms. The Bertz CT molecular complexity index is 388. The average Bonchev–Trinajstić information content (AvgIpc) is 2.20. The number of anilines is 1. The largest absolute Gasteiger partial charge is 0.389 e. The number of nitrogens with one attached hydrogen (secondary N) is 1. The Morgan fingerprint density at radius 1 is 1.28 bits per heavy atom. The monoisotopic (exact) mass is 260 g/mol. The molecule has 5 heteroatoms. The summed E-state index contributed by atoms with van der Waals surface area (Å²) in [6.07, 6.45) is -4.13. The van der Waals surface area contributed by atoms with Gasteiger partial charge in [0.2, 0.25) is 0 Å². The van der Waals surface area contributed by atoms with Crippen molar-refractivity contribution in [3.05, 3.63) is 23.5 Å². The molecule has 0 bridgehead atoms. The molecule has 102 valence electrons. The minimum Gasteiger partial charge on any atom is -0.381 e. The van der Waals surface area contributed by atoms with Gasteiger partial charge in [0.15, 0.2) is 0 Å². The first kappa shape index (κ1) is 14.8. The van der Waals surface area contributed by atoms with Gasteiger partial charge >= 0.3 is 6.18 Å². The standard InChI is InChI=1S/C13H19F3N2/c1-9(5-4-8-13(14,15)16)18-12-7-6-10(2)17-11(12)3/h6-7,9,18H,4-5,8H2,1-3H3. The van der Waals surface area contributed by atoms with Crippen molar-refractivity contribution < 1.29 is 13.2 Å². The zero-order chi connectivity index (χ0) is 13.8. The molecule has 0 spiro atoms. The molecule has 0 radical (unpaired) electrons. The summed E-state index contributed by atoms with van der Waals surface area (Å²) >= 11 is 0. The van der Waals surface area contributed by atoms with E-state index < -0.39 is 12.6 Å². The second-order valence-electron chi connectivity index (χ2n) is 4.64. The summed E-state index contributed by atoms with van der Waals surface area (Å²) in [6.45, 7) is 5.68. The fourth-order valence-corrected chi connectivity index (χ4v) is 1.79. The van der Waals surface area contributed by atoms with Crippen LogP contribution >= 0.6 is 0 Å². The number of hydrogen-bond donors (Lipinski definition) is 1. The van der Waals surface area contributed by atoms with Crippen molar-refractivity contribution in [3.63, 3.8) is 0 Å². The summed E-state index contributed by atoms with van der Waals surface area (Å²) in [5.41, 5.74) is 2.69. The molecule has 1 heterocycles. The van der Waals surface area contributed by atoms with Crippen LogP contribution in [0.5, 0.6) is 0 Å². The molecule has 1 atom stereocenters. The fraction of sp³-hybridized carbons (Fsp3) is 0.615. The highest BCUT2D eigenvalue weighted by atomic mass is 19.4. The quantitative estimate of drug-likeness (QED) is 0.856. The highest BCUT2D eigenvalue weighted by Gasteiger charge is 2.26. The van der Waals surface area contributed by atoms with Gasteiger partial charge in [-0.15, -0.1) is 0 Å². The van der Waals surface area contributed by atoms with E-state index in [-0.39, 0.29) is 12.5 Å². The number of pyridine rings is 1. The lowest BCUT2D eigenvalue weighted by molar-refractivity contribution is -0.135. The molecule has 1 unspecified atom stereocenters. The van der Waals surface area contributed by atoms with Crippen molar-refractivity contribution in [1.29, 1.82) is 0 Å². The number of alkyl halides is 3. The number of rotatable bonds is 5. The van der Waals surface area contributed by atoms with E-state index in [2.05, 4.69) is 10.3 Å². The van der Waals surface area contributed by atoms with Gasteiger partial charge in [-0.1, -0.05) is 0 Å². The van der Waals surface area contributed by atoms with Gasteiger partial charge in [0, 0.05) is 18.2 Å². The molecule has 1 aromatic heterocycles. The second kappa shape index (κ2) is 6.07. The normalized spacial score (nSPS) is 13.4. The van der Waals surface area contributed by atoms with Gasteiger partial charge in [-0.2, -0.15) is 13.2 Å². The van der Waals surface area contributed by atoms with Crippen molar-refractivity contribution in [2.45, 2.75) is 52.3 Å². The Kier molecular flexibility index (Phi) is 4.99. The second-order valence-corrected chi connectivity index (χ2v) is 4.64. The van der Waals surface area contributed by atoms with Crippen LogP contribution in [0.2, 0.25) is 0 Å². The SMILES string of the molecule is Cc1ccc(NC(C)CCCC(F)(F)F)c(C)n1. The van der Waals surface area contributed by atoms with Crippen LogP contribution in [-0.4, -0.2) is 17.2 Å². The number of aryl methyl sites for hydroxylation is 2. The third-order valence-electron chi connectivity index (χ3n) is 2.72. The van der Waals surface area contributed by atoms with E-state index in [4.69, 9.17) is 0 Å². The molecule has 0 amide bonds. The van der Waals surface area contributed by atoms with E-state index in [1.807, 2.05) is 32.9 Å². The van der Waals surface area contributed by atoms with Gasteiger partial charge < -0.3 is 5.32 Å². The van der Waals surface area contributed by atoms with Crippen LogP contribution in [0.15, 0.2) is 12.1 Å². The molecule has 2 nitrogen and oxygen atoms in total. The predicted molar refractivity (Wildman–Crippen MR) is 66.7 cm³/mol. The molecule has 0 saturated heterocycles. The first-order chi connectivity index (χ1) is 8.28. The fourth-order valence-electron chi connectivity index (χ4n) is 1.79. The molecule has 0 fully saturated rings. The summed E-state index contributed by atoms with van der Waals surface area (Å²) in [5.74, 6) is 0. The molecule has 0 aliphatic carbocycles. The third kappa shape index (κ3) is 5.38. The summed E-state index contributed by atoms with van der Waals surface area (Å²) in [4.78, 5) is 4.30. The Hall–Kier alpha value is -1.26. The lowest BCUT2D eigenvalue weighted by Gasteiger charge is -2.17. The Balaban J connectivity index is 2.42. The maximum absolute atomic E-state index is 12.0. The summed E-state index contributed by atoms with van der Waals surface area (Å²) in [6, 6.07) is 3.81. The van der Waals surface area contributed by atoms with Gasteiger partial charge in [-0.05, 0) is 45.7 Å². The minimum absolute atomic E-state index is 0.00977. The Labute approximate surface area is 106 Å². The van der Waals surface area contributed by atoms with Crippen molar-refractivity contribution in [3.8, 4) is 0 Å². The Morgan fingerprint density at radius 3 is 2.50 bits per heavy atom. The highest BCUT2D eigenvalue weighted by molar-refractivity contribution is 5.48. The molecule has 0 aliphatic heterocycles. The van der Waals surface area contributed by atoms with Gasteiger partial charge in [0.05, 0.1) is 11.4 Å². The van der Waals surface area contributed by atoms with Crippen LogP contribution in [0.1, 0.15) is 37.6 Å². The van der Waals surface area contributed by atoms with E-state index >= 15 is 0 Å². The van der Waals surface area contributed by atoms with Crippen molar-refractivity contribution >= 4 is 5.69 Å². The average molecular weight is 260 g/mol. The molecule has 0 saturated carbocycles. The number of halogens is 3. The summed E-state index contributed by atoms with van der Waals surface area (Å²) < 4.78 is 36.0. The first-order valence-electron chi connectivity index (χ1n) is 6.05. The zero-order valence-corrected chi connectivity index (χ0v) is 10.9. The molecular weight excluding hydrogens is 241 g/mol. The van der Waals surface area contributed by atoms with Gasteiger partial charge in [-0.3, -0.25) is 4.98 Å². The maximum atomic E-state index is 12.0. The number of nitrogens with zero attached hydrogens (tertiary/aromatic N) is 1. The molecule has 1 N–H and O–H groups in total. The number of aromatic nitrogens is 1. The molecule has 0 aliphatic rings. The third-order valence-corrected chi connectivity index (χ3v) is 2.72. The van der Waals surface area contributed by atoms with Crippen molar-refractivity contribution in [1.82, 2.24) is 4.98 Å². The maximum Gasteiger partial charge on any atom is 0.389 e. The van der Waals surface area contributed by atoms with Gasteiger partial charge in [0.1, 0.15) is 0 Å². The lowest BCUT2D eigenvalue weighted by atomic mass is 10.1. The van der Waals surface area contributed by atoms with Crippen LogP contribution < -0.4 is 5.32 Å². The van der Waals surface area contributed by atoms with Gasteiger partial charge in [-0.25, -0.2) is 0 Å². The van der Waals surface area contributed by atoms with E-state index in [9.17, 15) is 13.2 Å². The predicted octanol–water partition coefficient (Wildman–Crippen LogP) is 4.23. The zero-order valence-electron chi connectivity index (χ0n) is 10.9. The van der Waals surface area contributed by atoms with Crippen molar-refractivity contribution in [2.24, 2.45) is 0 Å². The van der Waals surface area contributed by atoms with Crippen LogP contribution in [0.3, 0.4) is 0 Å². The molecular formula is C13H19F3N2. The van der Waals surface area contributed by atoms with E-state index in [0.29, 0.717) is 6.42 Å². The van der Waals surface area contributed by atoms with E-state index in [1.54, 1.807) is 0 Å². The van der Waals surface area contributed by atoms with Gasteiger partial charge in [0.25, 0.3) is 0 Å². The molecule has 0 aromatic carbocycles. The molecule has 1 aromatic rings. The van der Waals surface area contributed by atoms with E-state index in [0.717, 1.165) is 17.1 Å². The minimum atomic E-state index is -4.05. The van der Waals surface area contributed by atoms with Crippen LogP contribution in [0, 0.1) is 13.8 Å². The van der Waals surface area contributed by atoms with Crippen LogP contribution in [0.25, 0.3) is 0 Å². The van der Waals surface area contributed by atoms with Crippen molar-refractivity contribution in [2.75, 3.05) is 5.32 Å². The lowest BCUT2D eigenvalue weighted by Crippen LogP contribution is -2.17. The highest BCUT2D eigenvalue weighted by Crippen LogP contribution is 2.23. The van der Waals surface area contributed by atoms with E-state index in [1.165, 1.54) is 0 Å². The first-order valence-corrected chi connectivity index (χ1v) is 6.05. The Morgan fingerprint density at radius 2 is 1.94 bits per heavy atom. The van der Waals surface area contributed by atoms with Crippen LogP contribution in [0.4, 0.5) is 18.9 Å². The summed E-state index contributed by atoms with van der Waals surface area (Å²) in [7, 11) is 0. The smallest absolute Gasteiger partial charge is 0.381 e. The summed E-state index contributed by atoms with van der Waals surface area (Å²) in [5, 5.41) is 3.19. The topological polar surface area (TPSA) is 24.9 Å². The van der Waals surface area contributed by atoms with Crippen LogP contribution in [-0.2, 0) is 0 Å². The number of hydrogen-bond acceptors (Lipinski definition) is 2.